The maximum Gasteiger partial charge on any atom is 0.411 e. The lowest BCUT2D eigenvalue weighted by molar-refractivity contribution is 0.0186. The molecule has 0 fully saturated rings. The Bertz CT molecular complexity index is 482. The maximum atomic E-state index is 12.1. The fourth-order valence-corrected chi connectivity index (χ4v) is 2.17. The van der Waals surface area contributed by atoms with Crippen molar-refractivity contribution in [3.63, 3.8) is 0 Å². The van der Waals surface area contributed by atoms with Gasteiger partial charge in [-0.25, -0.2) is 9.78 Å². The van der Waals surface area contributed by atoms with Gasteiger partial charge in [0.2, 0.25) is 0 Å². The minimum absolute atomic E-state index is 0.0281. The third kappa shape index (κ3) is 2.58. The molecule has 0 aromatic carbocycles. The second-order valence-corrected chi connectivity index (χ2v) is 5.84. The van der Waals surface area contributed by atoms with E-state index in [2.05, 4.69) is 4.98 Å². The normalized spacial score (nSPS) is 18.7. The van der Waals surface area contributed by atoms with E-state index >= 15 is 0 Å². The summed E-state index contributed by atoms with van der Waals surface area (Å²) in [5.74, 6) is 0. The van der Waals surface area contributed by atoms with Crippen LogP contribution >= 0.6 is 11.6 Å². The van der Waals surface area contributed by atoms with Gasteiger partial charge in [0, 0.05) is 0 Å². The molecule has 1 aromatic rings. The lowest BCUT2D eigenvalue weighted by atomic mass is 10.1. The Labute approximate surface area is 112 Å². The first-order valence-electron chi connectivity index (χ1n) is 5.93. The van der Waals surface area contributed by atoms with Gasteiger partial charge in [0.1, 0.15) is 10.8 Å². The van der Waals surface area contributed by atoms with Crippen molar-refractivity contribution >= 4 is 17.7 Å². The molecule has 0 N–H and O–H groups in total. The molecule has 2 heterocycles. The summed E-state index contributed by atoms with van der Waals surface area (Å²) in [4.78, 5) is 18.0. The highest BCUT2D eigenvalue weighted by Crippen LogP contribution is 2.33. The van der Waals surface area contributed by atoms with Crippen molar-refractivity contribution < 1.29 is 9.53 Å². The summed E-state index contributed by atoms with van der Waals surface area (Å²) in [5.41, 5.74) is 1.39. The number of carbonyl (C=O) groups is 1. The van der Waals surface area contributed by atoms with Crippen molar-refractivity contribution in [3.05, 3.63) is 28.5 Å². The van der Waals surface area contributed by atoms with Crippen LogP contribution in [0.15, 0.2) is 12.1 Å². The number of amides is 1. The van der Waals surface area contributed by atoms with Crippen molar-refractivity contribution in [2.45, 2.75) is 45.9 Å². The molecule has 1 atom stereocenters. The molecular weight excluding hydrogens is 252 g/mol. The Morgan fingerprint density at radius 1 is 1.50 bits per heavy atom. The lowest BCUT2D eigenvalue weighted by Gasteiger charge is -2.26. The number of nitrogens with zero attached hydrogens (tertiary/aromatic N) is 2. The molecule has 98 valence electrons. The van der Waals surface area contributed by atoms with E-state index in [1.165, 1.54) is 0 Å². The fourth-order valence-electron chi connectivity index (χ4n) is 2.00. The van der Waals surface area contributed by atoms with Gasteiger partial charge in [0.15, 0.2) is 0 Å². The molecule has 0 bridgehead atoms. The molecule has 0 saturated heterocycles. The molecule has 0 radical (unpaired) electrons. The molecule has 1 aromatic heterocycles. The molecule has 0 aliphatic carbocycles. The summed E-state index contributed by atoms with van der Waals surface area (Å²) < 4.78 is 5.38. The molecule has 4 nitrogen and oxygen atoms in total. The average molecular weight is 269 g/mol. The van der Waals surface area contributed by atoms with Crippen molar-refractivity contribution in [2.24, 2.45) is 0 Å². The molecule has 1 aliphatic rings. The molecule has 5 heteroatoms. The third-order valence-electron chi connectivity index (χ3n) is 2.84. The number of ether oxygens (including phenoxy) is 1. The predicted octanol–water partition coefficient (Wildman–Crippen LogP) is 3.55. The quantitative estimate of drug-likeness (QED) is 0.676. The Kier molecular flexibility index (Phi) is 3.23. The molecule has 0 saturated carbocycles. The minimum Gasteiger partial charge on any atom is -0.444 e. The van der Waals surface area contributed by atoms with Gasteiger partial charge in [-0.3, -0.25) is 4.90 Å². The largest absolute Gasteiger partial charge is 0.444 e. The fraction of sp³-hybridized carbons (Fsp3) is 0.538. The topological polar surface area (TPSA) is 42.4 Å². The summed E-state index contributed by atoms with van der Waals surface area (Å²) in [6, 6.07) is 3.63. The second kappa shape index (κ2) is 4.43. The van der Waals surface area contributed by atoms with Crippen LogP contribution in [0, 0.1) is 0 Å². The molecular formula is C13H17ClN2O2. The number of rotatable bonds is 0. The summed E-state index contributed by atoms with van der Waals surface area (Å²) in [6.45, 7) is 7.98. The highest BCUT2D eigenvalue weighted by Gasteiger charge is 2.34. The number of fused-ring (bicyclic) bond motifs is 1. The van der Waals surface area contributed by atoms with Crippen LogP contribution in [0.2, 0.25) is 5.15 Å². The molecule has 1 amide bonds. The van der Waals surface area contributed by atoms with Gasteiger partial charge < -0.3 is 4.74 Å². The summed E-state index contributed by atoms with van der Waals surface area (Å²) >= 11 is 5.86. The Morgan fingerprint density at radius 2 is 2.17 bits per heavy atom. The average Bonchev–Trinajstić information content (AvgIpc) is 2.53. The van der Waals surface area contributed by atoms with Crippen LogP contribution in [0.1, 0.15) is 45.0 Å². The van der Waals surface area contributed by atoms with E-state index in [-0.39, 0.29) is 12.1 Å². The van der Waals surface area contributed by atoms with Gasteiger partial charge in [-0.1, -0.05) is 17.7 Å². The smallest absolute Gasteiger partial charge is 0.411 e. The van der Waals surface area contributed by atoms with Crippen LogP contribution in [-0.2, 0) is 11.3 Å². The Morgan fingerprint density at radius 3 is 2.78 bits per heavy atom. The standard InChI is InChI=1S/C13H17ClN2O2/c1-8-9-5-6-11(14)15-10(9)7-16(8)12(17)18-13(2,3)4/h5-6,8H,7H2,1-4H3/t8-/m1/s1. The molecule has 0 spiro atoms. The van der Waals surface area contributed by atoms with Gasteiger partial charge in [-0.15, -0.1) is 0 Å². The van der Waals surface area contributed by atoms with Crippen LogP contribution in [0.5, 0.6) is 0 Å². The SMILES string of the molecule is C[C@@H]1c2ccc(Cl)nc2CN1C(=O)OC(C)(C)C. The van der Waals surface area contributed by atoms with E-state index in [0.29, 0.717) is 11.7 Å². The first-order chi connectivity index (χ1) is 8.28. The van der Waals surface area contributed by atoms with Crippen LogP contribution in [0.4, 0.5) is 4.79 Å². The number of carbonyl (C=O) groups excluding carboxylic acids is 1. The van der Waals surface area contributed by atoms with E-state index in [0.717, 1.165) is 11.3 Å². The first kappa shape index (κ1) is 13.1. The highest BCUT2D eigenvalue weighted by molar-refractivity contribution is 6.29. The van der Waals surface area contributed by atoms with Crippen molar-refractivity contribution in [3.8, 4) is 0 Å². The summed E-state index contributed by atoms with van der Waals surface area (Å²) in [7, 11) is 0. The van der Waals surface area contributed by atoms with E-state index < -0.39 is 5.60 Å². The number of aromatic nitrogens is 1. The van der Waals surface area contributed by atoms with E-state index in [1.807, 2.05) is 33.8 Å². The summed E-state index contributed by atoms with van der Waals surface area (Å²) in [5, 5.41) is 0.451. The Hall–Kier alpha value is -1.29. The van der Waals surface area contributed by atoms with Gasteiger partial charge in [-0.2, -0.15) is 0 Å². The zero-order valence-corrected chi connectivity index (χ0v) is 11.8. The van der Waals surface area contributed by atoms with Gasteiger partial charge in [0.05, 0.1) is 18.3 Å². The zero-order valence-electron chi connectivity index (χ0n) is 11.0. The van der Waals surface area contributed by atoms with Crippen LogP contribution in [-0.4, -0.2) is 21.6 Å². The monoisotopic (exact) mass is 268 g/mol. The van der Waals surface area contributed by atoms with E-state index in [1.54, 1.807) is 11.0 Å². The first-order valence-corrected chi connectivity index (χ1v) is 6.30. The van der Waals surface area contributed by atoms with Crippen LogP contribution < -0.4 is 0 Å². The van der Waals surface area contributed by atoms with Crippen LogP contribution in [0.3, 0.4) is 0 Å². The predicted molar refractivity (Wildman–Crippen MR) is 69.4 cm³/mol. The number of hydrogen-bond acceptors (Lipinski definition) is 3. The van der Waals surface area contributed by atoms with Crippen LogP contribution in [0.25, 0.3) is 0 Å². The molecule has 18 heavy (non-hydrogen) atoms. The summed E-state index contributed by atoms with van der Waals surface area (Å²) in [6.07, 6.45) is -0.316. The number of pyridine rings is 1. The van der Waals surface area contributed by atoms with Gasteiger partial charge in [0.25, 0.3) is 0 Å². The minimum atomic E-state index is -0.489. The zero-order chi connectivity index (χ0) is 13.5. The molecule has 1 aliphatic heterocycles. The lowest BCUT2D eigenvalue weighted by Crippen LogP contribution is -2.35. The Balaban J connectivity index is 2.18. The van der Waals surface area contributed by atoms with Gasteiger partial charge in [-0.05, 0) is 39.3 Å². The molecule has 2 rings (SSSR count). The second-order valence-electron chi connectivity index (χ2n) is 5.45. The van der Waals surface area contributed by atoms with Crippen molar-refractivity contribution in [1.29, 1.82) is 0 Å². The van der Waals surface area contributed by atoms with Crippen molar-refractivity contribution in [2.75, 3.05) is 0 Å². The maximum absolute atomic E-state index is 12.1. The highest BCUT2D eigenvalue weighted by atomic mass is 35.5. The van der Waals surface area contributed by atoms with E-state index in [4.69, 9.17) is 16.3 Å². The third-order valence-corrected chi connectivity index (χ3v) is 3.05. The number of hydrogen-bond donors (Lipinski definition) is 0. The van der Waals surface area contributed by atoms with Crippen molar-refractivity contribution in [1.82, 2.24) is 9.88 Å². The van der Waals surface area contributed by atoms with Gasteiger partial charge >= 0.3 is 6.09 Å². The number of halogens is 1. The molecule has 0 unspecified atom stereocenters. The van der Waals surface area contributed by atoms with E-state index in [9.17, 15) is 4.79 Å².